The Morgan fingerprint density at radius 1 is 1.39 bits per heavy atom. The van der Waals surface area contributed by atoms with Gasteiger partial charge in [0.2, 0.25) is 0 Å². The van der Waals surface area contributed by atoms with Crippen LogP contribution in [0.4, 0.5) is 0 Å². The van der Waals surface area contributed by atoms with Crippen LogP contribution in [0.15, 0.2) is 36.0 Å². The first-order valence-corrected chi connectivity index (χ1v) is 8.13. The average Bonchev–Trinajstić information content (AvgIpc) is 3.19. The first-order chi connectivity index (χ1) is 11.1. The second-order valence-corrected chi connectivity index (χ2v) is 6.51. The number of nitrogens with zero attached hydrogens (tertiary/aromatic N) is 5. The van der Waals surface area contributed by atoms with E-state index in [0.717, 1.165) is 0 Å². The Morgan fingerprint density at radius 2 is 2.22 bits per heavy atom. The molecule has 0 fully saturated rings. The average molecular weight is 348 g/mol. The second-order valence-electron chi connectivity index (χ2n) is 5.11. The van der Waals surface area contributed by atoms with Gasteiger partial charge in [-0.05, 0) is 52.6 Å². The number of amides is 1. The smallest absolute Gasteiger partial charge is 0.255 e. The Balaban J connectivity index is 1.80. The van der Waals surface area contributed by atoms with Crippen molar-refractivity contribution in [3.8, 4) is 5.69 Å². The van der Waals surface area contributed by atoms with E-state index in [-0.39, 0.29) is 5.91 Å². The first kappa shape index (κ1) is 15.6. The highest BCUT2D eigenvalue weighted by Crippen LogP contribution is 2.23. The molecule has 1 amide bonds. The molecule has 0 atom stereocenters. The number of hydrogen-bond donors (Lipinski definition) is 0. The fraction of sp³-hybridized carbons (Fsp3) is 0.200. The molecule has 8 heteroatoms. The molecule has 6 nitrogen and oxygen atoms in total. The molecule has 0 aliphatic carbocycles. The van der Waals surface area contributed by atoms with Crippen LogP contribution in [0.1, 0.15) is 20.8 Å². The Bertz CT molecular complexity index is 830. The predicted molar refractivity (Wildman–Crippen MR) is 89.0 cm³/mol. The van der Waals surface area contributed by atoms with E-state index in [1.807, 2.05) is 18.4 Å². The molecule has 23 heavy (non-hydrogen) atoms. The maximum absolute atomic E-state index is 12.6. The molecule has 2 heterocycles. The number of benzene rings is 1. The van der Waals surface area contributed by atoms with Crippen LogP contribution in [-0.2, 0) is 6.54 Å². The van der Waals surface area contributed by atoms with Crippen LogP contribution in [0.2, 0.25) is 5.02 Å². The van der Waals surface area contributed by atoms with Gasteiger partial charge in [-0.1, -0.05) is 11.6 Å². The summed E-state index contributed by atoms with van der Waals surface area (Å²) in [6.07, 6.45) is 1.47. The molecule has 0 saturated carbocycles. The van der Waals surface area contributed by atoms with Crippen molar-refractivity contribution in [3.05, 3.63) is 57.0 Å². The van der Waals surface area contributed by atoms with Crippen molar-refractivity contribution in [2.45, 2.75) is 13.5 Å². The van der Waals surface area contributed by atoms with Gasteiger partial charge in [0, 0.05) is 11.9 Å². The van der Waals surface area contributed by atoms with E-state index in [2.05, 4.69) is 15.5 Å². The standard InChI is InChI=1S/C15H14ClN5OS/c1-10-5-6-23-14(10)8-20(2)15(22)12-4-3-11(7-13(12)16)21-9-17-18-19-21/h3-7,9H,8H2,1-2H3. The molecule has 3 aromatic rings. The normalized spacial score (nSPS) is 10.7. The third kappa shape index (κ3) is 3.25. The summed E-state index contributed by atoms with van der Waals surface area (Å²) in [7, 11) is 1.77. The molecule has 2 aromatic heterocycles. The number of aryl methyl sites for hydroxylation is 1. The summed E-state index contributed by atoms with van der Waals surface area (Å²) in [4.78, 5) is 15.4. The van der Waals surface area contributed by atoms with Crippen molar-refractivity contribution in [3.63, 3.8) is 0 Å². The van der Waals surface area contributed by atoms with Gasteiger partial charge in [-0.3, -0.25) is 4.79 Å². The highest BCUT2D eigenvalue weighted by atomic mass is 35.5. The first-order valence-electron chi connectivity index (χ1n) is 6.87. The fourth-order valence-corrected chi connectivity index (χ4v) is 3.37. The van der Waals surface area contributed by atoms with Gasteiger partial charge in [-0.2, -0.15) is 0 Å². The Morgan fingerprint density at radius 3 is 2.83 bits per heavy atom. The summed E-state index contributed by atoms with van der Waals surface area (Å²) in [5.74, 6) is -0.119. The lowest BCUT2D eigenvalue weighted by Gasteiger charge is -2.18. The van der Waals surface area contributed by atoms with E-state index >= 15 is 0 Å². The minimum atomic E-state index is -0.119. The zero-order valence-electron chi connectivity index (χ0n) is 12.6. The van der Waals surface area contributed by atoms with Gasteiger partial charge >= 0.3 is 0 Å². The number of aromatic nitrogens is 4. The molecule has 3 rings (SSSR count). The molecular formula is C15H14ClN5OS. The van der Waals surface area contributed by atoms with Crippen LogP contribution < -0.4 is 0 Å². The molecule has 118 valence electrons. The zero-order valence-corrected chi connectivity index (χ0v) is 14.2. The number of thiophene rings is 1. The van der Waals surface area contributed by atoms with Crippen molar-refractivity contribution >= 4 is 28.8 Å². The summed E-state index contributed by atoms with van der Waals surface area (Å²) < 4.78 is 1.48. The second kappa shape index (κ2) is 6.47. The Kier molecular flexibility index (Phi) is 4.40. The van der Waals surface area contributed by atoms with Gasteiger partial charge in [0.25, 0.3) is 5.91 Å². The largest absolute Gasteiger partial charge is 0.337 e. The van der Waals surface area contributed by atoms with Crippen molar-refractivity contribution < 1.29 is 4.79 Å². The molecule has 0 aliphatic rings. The molecule has 0 bridgehead atoms. The third-order valence-electron chi connectivity index (χ3n) is 3.49. The van der Waals surface area contributed by atoms with Gasteiger partial charge in [-0.25, -0.2) is 4.68 Å². The van der Waals surface area contributed by atoms with Crippen LogP contribution in [0.3, 0.4) is 0 Å². The van der Waals surface area contributed by atoms with E-state index in [1.54, 1.807) is 41.5 Å². The zero-order chi connectivity index (χ0) is 16.4. The number of rotatable bonds is 4. The molecule has 0 N–H and O–H groups in total. The SMILES string of the molecule is Cc1ccsc1CN(C)C(=O)c1ccc(-n2cnnn2)cc1Cl. The van der Waals surface area contributed by atoms with Crippen LogP contribution in [0, 0.1) is 6.92 Å². The molecular weight excluding hydrogens is 334 g/mol. The third-order valence-corrected chi connectivity index (χ3v) is 4.81. The van der Waals surface area contributed by atoms with Crippen molar-refractivity contribution in [1.29, 1.82) is 0 Å². The summed E-state index contributed by atoms with van der Waals surface area (Å²) in [6, 6.07) is 7.18. The van der Waals surface area contributed by atoms with Gasteiger partial charge in [0.15, 0.2) is 0 Å². The van der Waals surface area contributed by atoms with Crippen molar-refractivity contribution in [1.82, 2.24) is 25.1 Å². The molecule has 0 unspecified atom stereocenters. The van der Waals surface area contributed by atoms with E-state index in [0.29, 0.717) is 22.8 Å². The van der Waals surface area contributed by atoms with E-state index in [9.17, 15) is 4.79 Å². The van der Waals surface area contributed by atoms with Gasteiger partial charge in [0.05, 0.1) is 22.8 Å². The fourth-order valence-electron chi connectivity index (χ4n) is 2.16. The van der Waals surface area contributed by atoms with E-state index in [4.69, 9.17) is 11.6 Å². The Labute approximate surface area is 142 Å². The van der Waals surface area contributed by atoms with Crippen LogP contribution >= 0.6 is 22.9 Å². The molecule has 0 saturated heterocycles. The lowest BCUT2D eigenvalue weighted by molar-refractivity contribution is 0.0786. The van der Waals surface area contributed by atoms with Gasteiger partial charge in [-0.15, -0.1) is 16.4 Å². The van der Waals surface area contributed by atoms with Crippen LogP contribution in [0.25, 0.3) is 5.69 Å². The highest BCUT2D eigenvalue weighted by molar-refractivity contribution is 7.10. The quantitative estimate of drug-likeness (QED) is 0.728. The lowest BCUT2D eigenvalue weighted by Crippen LogP contribution is -2.26. The number of carbonyl (C=O) groups is 1. The molecule has 0 aliphatic heterocycles. The summed E-state index contributed by atoms with van der Waals surface area (Å²) in [5.41, 5.74) is 2.35. The van der Waals surface area contributed by atoms with E-state index in [1.165, 1.54) is 21.4 Å². The molecule has 0 radical (unpaired) electrons. The minimum absolute atomic E-state index is 0.119. The molecule has 0 spiro atoms. The number of carbonyl (C=O) groups excluding carboxylic acids is 1. The maximum Gasteiger partial charge on any atom is 0.255 e. The number of halogens is 1. The van der Waals surface area contributed by atoms with Crippen molar-refractivity contribution in [2.75, 3.05) is 7.05 Å². The summed E-state index contributed by atoms with van der Waals surface area (Å²) >= 11 is 7.91. The van der Waals surface area contributed by atoms with Crippen LogP contribution in [-0.4, -0.2) is 38.1 Å². The highest BCUT2D eigenvalue weighted by Gasteiger charge is 2.17. The summed E-state index contributed by atoms with van der Waals surface area (Å²) in [6.45, 7) is 2.60. The monoisotopic (exact) mass is 347 g/mol. The number of tetrazole rings is 1. The minimum Gasteiger partial charge on any atom is -0.337 e. The predicted octanol–water partition coefficient (Wildman–Crippen LogP) is 2.96. The topological polar surface area (TPSA) is 63.9 Å². The van der Waals surface area contributed by atoms with Crippen molar-refractivity contribution in [2.24, 2.45) is 0 Å². The van der Waals surface area contributed by atoms with E-state index < -0.39 is 0 Å². The van der Waals surface area contributed by atoms with Crippen LogP contribution in [0.5, 0.6) is 0 Å². The van der Waals surface area contributed by atoms with Gasteiger partial charge < -0.3 is 4.90 Å². The maximum atomic E-state index is 12.6. The number of hydrogen-bond acceptors (Lipinski definition) is 5. The lowest BCUT2D eigenvalue weighted by atomic mass is 10.1. The Hall–Kier alpha value is -2.25. The summed E-state index contributed by atoms with van der Waals surface area (Å²) in [5, 5.41) is 13.4. The van der Waals surface area contributed by atoms with Gasteiger partial charge in [0.1, 0.15) is 6.33 Å². The molecule has 1 aromatic carbocycles.